The van der Waals surface area contributed by atoms with E-state index >= 15 is 0 Å². The summed E-state index contributed by atoms with van der Waals surface area (Å²) in [5.41, 5.74) is 1.81. The van der Waals surface area contributed by atoms with Gasteiger partial charge in [0.15, 0.2) is 0 Å². The fraction of sp³-hybridized carbons (Fsp3) is 0.500. The van der Waals surface area contributed by atoms with Crippen molar-refractivity contribution in [2.45, 2.75) is 38.8 Å². The molecule has 1 amide bonds. The molecule has 1 aromatic carbocycles. The van der Waals surface area contributed by atoms with Crippen molar-refractivity contribution in [3.63, 3.8) is 0 Å². The smallest absolute Gasteiger partial charge is 0.253 e. The lowest BCUT2D eigenvalue weighted by molar-refractivity contribution is 0.0827. The van der Waals surface area contributed by atoms with Gasteiger partial charge in [-0.1, -0.05) is 12.1 Å². The number of amides is 1. The Morgan fingerprint density at radius 3 is 2.62 bits per heavy atom. The number of piperidine rings is 1. The third kappa shape index (κ3) is 5.03. The minimum atomic E-state index is 0.00399. The van der Waals surface area contributed by atoms with Crippen LogP contribution in [0.4, 0.5) is 11.6 Å². The summed E-state index contributed by atoms with van der Waals surface area (Å²) >= 11 is 0. The molecule has 1 fully saturated rings. The Labute approximate surface area is 173 Å². The molecule has 2 aromatic rings. The van der Waals surface area contributed by atoms with E-state index in [1.165, 1.54) is 0 Å². The van der Waals surface area contributed by atoms with E-state index in [4.69, 9.17) is 0 Å². The number of anilines is 2. The second-order valence-corrected chi connectivity index (χ2v) is 7.67. The molecule has 1 atom stereocenters. The number of hydrogen-bond acceptors (Lipinski definition) is 6. The van der Waals surface area contributed by atoms with Crippen LogP contribution in [0, 0.1) is 0 Å². The zero-order valence-corrected chi connectivity index (χ0v) is 17.6. The van der Waals surface area contributed by atoms with Crippen LogP contribution in [0.2, 0.25) is 0 Å². The van der Waals surface area contributed by atoms with Crippen LogP contribution in [0.5, 0.6) is 0 Å². The zero-order valence-electron chi connectivity index (χ0n) is 17.6. The van der Waals surface area contributed by atoms with Crippen molar-refractivity contribution < 1.29 is 9.90 Å². The first-order chi connectivity index (χ1) is 14.0. The van der Waals surface area contributed by atoms with Gasteiger partial charge in [-0.3, -0.25) is 4.79 Å². The SMILES string of the molecule is CCN(Cc1ccc(C(=O)N(C)C)cc1)c1cc(N2CCCCC2CO)ncn1. The summed E-state index contributed by atoms with van der Waals surface area (Å²) in [4.78, 5) is 27.0. The average molecular weight is 398 g/mol. The van der Waals surface area contributed by atoms with E-state index in [0.717, 1.165) is 49.6 Å². The first-order valence-corrected chi connectivity index (χ1v) is 10.3. The Balaban J connectivity index is 1.75. The monoisotopic (exact) mass is 397 g/mol. The molecule has 1 aromatic heterocycles. The van der Waals surface area contributed by atoms with Crippen LogP contribution >= 0.6 is 0 Å². The van der Waals surface area contributed by atoms with Crippen molar-refractivity contribution in [2.75, 3.05) is 43.6 Å². The molecule has 0 spiro atoms. The van der Waals surface area contributed by atoms with Gasteiger partial charge in [0.25, 0.3) is 5.91 Å². The van der Waals surface area contributed by atoms with E-state index in [1.807, 2.05) is 30.3 Å². The quantitative estimate of drug-likeness (QED) is 0.774. The van der Waals surface area contributed by atoms with E-state index in [9.17, 15) is 9.90 Å². The molecule has 3 rings (SSSR count). The van der Waals surface area contributed by atoms with Gasteiger partial charge in [-0.2, -0.15) is 0 Å². The number of carbonyl (C=O) groups excluding carboxylic acids is 1. The molecule has 1 unspecified atom stereocenters. The van der Waals surface area contributed by atoms with Crippen LogP contribution in [-0.4, -0.2) is 65.7 Å². The predicted molar refractivity (Wildman–Crippen MR) is 115 cm³/mol. The molecule has 1 N–H and O–H groups in total. The Bertz CT molecular complexity index is 809. The Morgan fingerprint density at radius 1 is 1.21 bits per heavy atom. The summed E-state index contributed by atoms with van der Waals surface area (Å²) in [7, 11) is 3.51. The van der Waals surface area contributed by atoms with Gasteiger partial charge in [0.2, 0.25) is 0 Å². The number of aliphatic hydroxyl groups is 1. The summed E-state index contributed by atoms with van der Waals surface area (Å²) in [6.45, 7) is 4.66. The number of carbonyl (C=O) groups is 1. The van der Waals surface area contributed by atoms with E-state index in [0.29, 0.717) is 12.1 Å². The average Bonchev–Trinajstić information content (AvgIpc) is 2.77. The minimum absolute atomic E-state index is 0.00399. The van der Waals surface area contributed by atoms with Gasteiger partial charge < -0.3 is 19.8 Å². The van der Waals surface area contributed by atoms with Crippen molar-refractivity contribution in [3.8, 4) is 0 Å². The van der Waals surface area contributed by atoms with Crippen LogP contribution in [0.25, 0.3) is 0 Å². The minimum Gasteiger partial charge on any atom is -0.394 e. The molecule has 1 saturated heterocycles. The summed E-state index contributed by atoms with van der Waals surface area (Å²) < 4.78 is 0. The first kappa shape index (κ1) is 21.0. The summed E-state index contributed by atoms with van der Waals surface area (Å²) in [6, 6.07) is 9.87. The highest BCUT2D eigenvalue weighted by Gasteiger charge is 2.23. The van der Waals surface area contributed by atoms with Gasteiger partial charge in [-0.25, -0.2) is 9.97 Å². The molecule has 0 aliphatic carbocycles. The molecule has 2 heterocycles. The highest BCUT2D eigenvalue weighted by molar-refractivity contribution is 5.93. The molecular formula is C22H31N5O2. The van der Waals surface area contributed by atoms with Crippen LogP contribution in [0.1, 0.15) is 42.1 Å². The number of hydrogen-bond donors (Lipinski definition) is 1. The molecule has 0 bridgehead atoms. The third-order valence-corrected chi connectivity index (χ3v) is 5.46. The second kappa shape index (κ2) is 9.69. The molecule has 0 radical (unpaired) electrons. The molecule has 7 heteroatoms. The van der Waals surface area contributed by atoms with Crippen molar-refractivity contribution in [1.29, 1.82) is 0 Å². The maximum absolute atomic E-state index is 12.1. The molecule has 156 valence electrons. The normalized spacial score (nSPS) is 16.6. The summed E-state index contributed by atoms with van der Waals surface area (Å²) in [5, 5.41) is 9.72. The van der Waals surface area contributed by atoms with Gasteiger partial charge in [-0.15, -0.1) is 0 Å². The van der Waals surface area contributed by atoms with Gasteiger partial charge in [0.1, 0.15) is 18.0 Å². The highest BCUT2D eigenvalue weighted by atomic mass is 16.3. The van der Waals surface area contributed by atoms with Crippen LogP contribution in [-0.2, 0) is 6.54 Å². The highest BCUT2D eigenvalue weighted by Crippen LogP contribution is 2.25. The van der Waals surface area contributed by atoms with E-state index < -0.39 is 0 Å². The lowest BCUT2D eigenvalue weighted by Gasteiger charge is -2.36. The van der Waals surface area contributed by atoms with Gasteiger partial charge >= 0.3 is 0 Å². The molecular weight excluding hydrogens is 366 g/mol. The number of nitrogens with zero attached hydrogens (tertiary/aromatic N) is 5. The maximum atomic E-state index is 12.1. The fourth-order valence-electron chi connectivity index (χ4n) is 3.75. The summed E-state index contributed by atoms with van der Waals surface area (Å²) in [6.07, 6.45) is 4.86. The second-order valence-electron chi connectivity index (χ2n) is 7.67. The zero-order chi connectivity index (χ0) is 20.8. The number of rotatable bonds is 7. The van der Waals surface area contributed by atoms with Crippen molar-refractivity contribution in [2.24, 2.45) is 0 Å². The maximum Gasteiger partial charge on any atom is 0.253 e. The number of benzene rings is 1. The van der Waals surface area contributed by atoms with Gasteiger partial charge in [-0.05, 0) is 43.9 Å². The lowest BCUT2D eigenvalue weighted by Crippen LogP contribution is -2.42. The molecule has 1 aliphatic heterocycles. The molecule has 1 aliphatic rings. The van der Waals surface area contributed by atoms with E-state index in [1.54, 1.807) is 25.3 Å². The Hall–Kier alpha value is -2.67. The van der Waals surface area contributed by atoms with Crippen LogP contribution in [0.3, 0.4) is 0 Å². The van der Waals surface area contributed by atoms with Crippen molar-refractivity contribution >= 4 is 17.5 Å². The third-order valence-electron chi connectivity index (χ3n) is 5.46. The van der Waals surface area contributed by atoms with Gasteiger partial charge in [0.05, 0.1) is 12.6 Å². The summed E-state index contributed by atoms with van der Waals surface area (Å²) in [5.74, 6) is 1.75. The van der Waals surface area contributed by atoms with Crippen LogP contribution in [0.15, 0.2) is 36.7 Å². The Morgan fingerprint density at radius 2 is 1.97 bits per heavy atom. The molecule has 7 nitrogen and oxygen atoms in total. The van der Waals surface area contributed by atoms with E-state index in [-0.39, 0.29) is 18.6 Å². The lowest BCUT2D eigenvalue weighted by atomic mass is 10.0. The predicted octanol–water partition coefficient (Wildman–Crippen LogP) is 2.56. The van der Waals surface area contributed by atoms with Crippen molar-refractivity contribution in [3.05, 3.63) is 47.8 Å². The van der Waals surface area contributed by atoms with Crippen LogP contribution < -0.4 is 9.80 Å². The Kier molecular flexibility index (Phi) is 7.04. The molecule has 29 heavy (non-hydrogen) atoms. The van der Waals surface area contributed by atoms with Crippen molar-refractivity contribution in [1.82, 2.24) is 14.9 Å². The fourth-order valence-corrected chi connectivity index (χ4v) is 3.75. The largest absolute Gasteiger partial charge is 0.394 e. The van der Waals surface area contributed by atoms with E-state index in [2.05, 4.69) is 26.7 Å². The standard InChI is InChI=1S/C22H31N5O2/c1-4-26(14-17-8-10-18(11-9-17)22(29)25(2)3)20-13-21(24-16-23-20)27-12-6-5-7-19(27)15-28/h8-11,13,16,19,28H,4-7,12,14-15H2,1-3H3. The topological polar surface area (TPSA) is 72.8 Å². The number of aliphatic hydroxyl groups excluding tert-OH is 1. The molecule has 0 saturated carbocycles. The first-order valence-electron chi connectivity index (χ1n) is 10.3. The van der Waals surface area contributed by atoms with Gasteiger partial charge in [0, 0.05) is 45.4 Å². The number of aromatic nitrogens is 2.